The molecule has 0 aliphatic carbocycles. The van der Waals surface area contributed by atoms with Crippen molar-refractivity contribution in [1.29, 1.82) is 0 Å². The van der Waals surface area contributed by atoms with Gasteiger partial charge in [0, 0.05) is 24.7 Å². The zero-order chi connectivity index (χ0) is 19.2. The molecule has 0 aromatic heterocycles. The van der Waals surface area contributed by atoms with Crippen LogP contribution in [0.15, 0.2) is 48.6 Å². The van der Waals surface area contributed by atoms with Gasteiger partial charge >= 0.3 is 11.9 Å². The molecule has 0 saturated heterocycles. The molecule has 6 heteroatoms. The van der Waals surface area contributed by atoms with E-state index in [1.54, 1.807) is 45.2 Å². The summed E-state index contributed by atoms with van der Waals surface area (Å²) in [6.07, 6.45) is 0.638. The molecule has 1 aromatic carbocycles. The molecule has 0 saturated carbocycles. The molecule has 0 aliphatic rings. The highest BCUT2D eigenvalue weighted by molar-refractivity contribution is 5.87. The van der Waals surface area contributed by atoms with Crippen molar-refractivity contribution in [3.8, 4) is 5.75 Å². The Morgan fingerprint density at radius 2 is 1.40 bits per heavy atom. The number of carbonyl (C=O) groups is 2. The summed E-state index contributed by atoms with van der Waals surface area (Å²) < 4.78 is 14.3. The fourth-order valence-corrected chi connectivity index (χ4v) is 1.39. The number of ether oxygens (including phenoxy) is 3. The van der Waals surface area contributed by atoms with E-state index in [0.717, 1.165) is 5.56 Å². The SMILES string of the molecule is C=C(C)C(=O)OCCOC.C=C(C)C(=O)OCCc1ccc(O)cc1. The van der Waals surface area contributed by atoms with Gasteiger partial charge in [-0.05, 0) is 31.5 Å². The summed E-state index contributed by atoms with van der Waals surface area (Å²) in [6.45, 7) is 11.2. The van der Waals surface area contributed by atoms with E-state index in [9.17, 15) is 9.59 Å². The predicted octanol–water partition coefficient (Wildman–Crippen LogP) is 2.81. The lowest BCUT2D eigenvalue weighted by Gasteiger charge is -2.04. The van der Waals surface area contributed by atoms with Gasteiger partial charge in [0.2, 0.25) is 0 Å². The van der Waals surface area contributed by atoms with Crippen LogP contribution >= 0.6 is 0 Å². The summed E-state index contributed by atoms with van der Waals surface area (Å²) in [5.74, 6) is -0.497. The number of hydrogen-bond donors (Lipinski definition) is 1. The van der Waals surface area contributed by atoms with Gasteiger partial charge in [-0.3, -0.25) is 0 Å². The molecular weight excluding hydrogens is 324 g/mol. The van der Waals surface area contributed by atoms with E-state index in [0.29, 0.717) is 37.4 Å². The number of hydrogen-bond acceptors (Lipinski definition) is 6. The Balaban J connectivity index is 0.000000504. The molecule has 0 aliphatic heterocycles. The van der Waals surface area contributed by atoms with Gasteiger partial charge in [-0.15, -0.1) is 0 Å². The minimum atomic E-state index is -0.367. The molecule has 138 valence electrons. The lowest BCUT2D eigenvalue weighted by molar-refractivity contribution is -0.140. The molecule has 0 unspecified atom stereocenters. The van der Waals surface area contributed by atoms with Gasteiger partial charge in [0.1, 0.15) is 12.4 Å². The van der Waals surface area contributed by atoms with Crippen molar-refractivity contribution >= 4 is 11.9 Å². The Kier molecular flexibility index (Phi) is 11.4. The molecular formula is C19H26O6. The Bertz CT molecular complexity index is 574. The smallest absolute Gasteiger partial charge is 0.333 e. The number of benzene rings is 1. The number of methoxy groups -OCH3 is 1. The van der Waals surface area contributed by atoms with Crippen LogP contribution in [0.2, 0.25) is 0 Å². The molecule has 0 fully saturated rings. The van der Waals surface area contributed by atoms with Gasteiger partial charge in [0.25, 0.3) is 0 Å². The molecule has 1 aromatic rings. The minimum Gasteiger partial charge on any atom is -0.508 e. The second kappa shape index (κ2) is 12.8. The third-order valence-corrected chi connectivity index (χ3v) is 2.78. The van der Waals surface area contributed by atoms with E-state index in [1.165, 1.54) is 0 Å². The average Bonchev–Trinajstić information content (AvgIpc) is 2.57. The first-order valence-corrected chi connectivity index (χ1v) is 7.70. The van der Waals surface area contributed by atoms with Crippen molar-refractivity contribution in [3.63, 3.8) is 0 Å². The Hall–Kier alpha value is -2.60. The Morgan fingerprint density at radius 3 is 1.84 bits per heavy atom. The number of esters is 2. The second-order valence-corrected chi connectivity index (χ2v) is 5.24. The minimum absolute atomic E-state index is 0.234. The van der Waals surface area contributed by atoms with Crippen LogP contribution < -0.4 is 0 Å². The highest BCUT2D eigenvalue weighted by Gasteiger charge is 2.02. The molecule has 0 amide bonds. The molecule has 0 atom stereocenters. The maximum atomic E-state index is 11.0. The fraction of sp³-hybridized carbons (Fsp3) is 0.368. The monoisotopic (exact) mass is 350 g/mol. The maximum absolute atomic E-state index is 11.0. The van der Waals surface area contributed by atoms with Crippen LogP contribution in [0.3, 0.4) is 0 Å². The third kappa shape index (κ3) is 11.6. The van der Waals surface area contributed by atoms with Gasteiger partial charge in [0.05, 0.1) is 13.2 Å². The van der Waals surface area contributed by atoms with Crippen LogP contribution in [0.4, 0.5) is 0 Å². The van der Waals surface area contributed by atoms with Gasteiger partial charge in [-0.25, -0.2) is 9.59 Å². The van der Waals surface area contributed by atoms with E-state index in [1.807, 2.05) is 0 Å². The number of carbonyl (C=O) groups excluding carboxylic acids is 2. The molecule has 0 heterocycles. The van der Waals surface area contributed by atoms with Crippen molar-refractivity contribution in [2.45, 2.75) is 20.3 Å². The molecule has 0 spiro atoms. The van der Waals surface area contributed by atoms with Gasteiger partial charge < -0.3 is 19.3 Å². The zero-order valence-electron chi connectivity index (χ0n) is 15.0. The normalized spacial score (nSPS) is 9.40. The summed E-state index contributed by atoms with van der Waals surface area (Å²) in [4.78, 5) is 21.7. The quantitative estimate of drug-likeness (QED) is 0.441. The predicted molar refractivity (Wildman–Crippen MR) is 95.2 cm³/mol. The highest BCUT2D eigenvalue weighted by Crippen LogP contribution is 2.10. The van der Waals surface area contributed by atoms with Crippen molar-refractivity contribution in [2.24, 2.45) is 0 Å². The largest absolute Gasteiger partial charge is 0.508 e. The lowest BCUT2D eigenvalue weighted by atomic mass is 10.1. The van der Waals surface area contributed by atoms with Crippen LogP contribution in [0.25, 0.3) is 0 Å². The number of rotatable bonds is 8. The standard InChI is InChI=1S/C12H14O3.C7H12O3/c1-9(2)12(14)15-8-7-10-3-5-11(13)6-4-10;1-6(2)7(8)10-5-4-9-3/h3-6,13H,1,7-8H2,2H3;1,4-5H2,2-3H3. The summed E-state index contributed by atoms with van der Waals surface area (Å²) in [5, 5.41) is 9.05. The molecule has 6 nitrogen and oxygen atoms in total. The average molecular weight is 350 g/mol. The van der Waals surface area contributed by atoms with E-state index in [-0.39, 0.29) is 17.7 Å². The first-order valence-electron chi connectivity index (χ1n) is 7.70. The van der Waals surface area contributed by atoms with Crippen LogP contribution in [0.5, 0.6) is 5.75 Å². The molecule has 0 bridgehead atoms. The maximum Gasteiger partial charge on any atom is 0.333 e. The van der Waals surface area contributed by atoms with E-state index < -0.39 is 0 Å². The Morgan fingerprint density at radius 1 is 0.920 bits per heavy atom. The van der Waals surface area contributed by atoms with Gasteiger partial charge in [-0.2, -0.15) is 0 Å². The van der Waals surface area contributed by atoms with Gasteiger partial charge in [0.15, 0.2) is 0 Å². The van der Waals surface area contributed by atoms with E-state index >= 15 is 0 Å². The van der Waals surface area contributed by atoms with Crippen LogP contribution in [-0.4, -0.2) is 44.0 Å². The summed E-state index contributed by atoms with van der Waals surface area (Å²) in [6, 6.07) is 6.81. The number of phenols is 1. The highest BCUT2D eigenvalue weighted by atomic mass is 16.6. The molecule has 1 rings (SSSR count). The first kappa shape index (κ1) is 22.4. The fourth-order valence-electron chi connectivity index (χ4n) is 1.39. The van der Waals surface area contributed by atoms with Gasteiger partial charge in [-0.1, -0.05) is 25.3 Å². The van der Waals surface area contributed by atoms with Crippen molar-refractivity contribution in [3.05, 3.63) is 54.1 Å². The molecule has 0 radical (unpaired) electrons. The second-order valence-electron chi connectivity index (χ2n) is 5.24. The van der Waals surface area contributed by atoms with E-state index in [4.69, 9.17) is 9.84 Å². The van der Waals surface area contributed by atoms with Crippen LogP contribution in [-0.2, 0) is 30.2 Å². The number of aromatic hydroxyl groups is 1. The first-order chi connectivity index (χ1) is 11.8. The van der Waals surface area contributed by atoms with Crippen LogP contribution in [0, 0.1) is 0 Å². The summed E-state index contributed by atoms with van der Waals surface area (Å²) in [5.41, 5.74) is 1.83. The topological polar surface area (TPSA) is 82.1 Å². The van der Waals surface area contributed by atoms with Crippen molar-refractivity contribution in [1.82, 2.24) is 0 Å². The van der Waals surface area contributed by atoms with Crippen LogP contribution in [0.1, 0.15) is 19.4 Å². The lowest BCUT2D eigenvalue weighted by Crippen LogP contribution is -2.09. The molecule has 25 heavy (non-hydrogen) atoms. The summed E-state index contributed by atoms with van der Waals surface area (Å²) in [7, 11) is 1.55. The molecule has 1 N–H and O–H groups in total. The summed E-state index contributed by atoms with van der Waals surface area (Å²) >= 11 is 0. The number of phenolic OH excluding ortho intramolecular Hbond substituents is 1. The van der Waals surface area contributed by atoms with E-state index in [2.05, 4.69) is 22.6 Å². The van der Waals surface area contributed by atoms with Crippen molar-refractivity contribution < 1.29 is 28.9 Å². The Labute approximate surface area is 148 Å². The third-order valence-electron chi connectivity index (χ3n) is 2.78. The zero-order valence-corrected chi connectivity index (χ0v) is 15.0. The van der Waals surface area contributed by atoms with Crippen molar-refractivity contribution in [2.75, 3.05) is 26.9 Å².